The SMILES string of the molecule is CC1=C(C(=O)O)SC2NC(=S)N(NC(=O)c3ccc4c(c3)OCO4)C(=O)C12. The van der Waals surface area contributed by atoms with Gasteiger partial charge in [0, 0.05) is 5.56 Å². The highest BCUT2D eigenvalue weighted by Gasteiger charge is 2.47. The van der Waals surface area contributed by atoms with Crippen molar-refractivity contribution in [3.8, 4) is 11.5 Å². The monoisotopic (exact) mass is 407 g/mol. The fraction of sp³-hybridized carbons (Fsp3) is 0.250. The predicted octanol–water partition coefficient (Wildman–Crippen LogP) is 0.825. The number of hydrogen-bond acceptors (Lipinski definition) is 7. The van der Waals surface area contributed by atoms with Crippen LogP contribution in [0.4, 0.5) is 0 Å². The molecule has 1 aromatic rings. The van der Waals surface area contributed by atoms with Crippen molar-refractivity contribution in [2.75, 3.05) is 6.79 Å². The van der Waals surface area contributed by atoms with Gasteiger partial charge in [-0.25, -0.2) is 4.79 Å². The van der Waals surface area contributed by atoms with E-state index in [1.54, 1.807) is 13.0 Å². The smallest absolute Gasteiger partial charge is 0.342 e. The Morgan fingerprint density at radius 1 is 1.37 bits per heavy atom. The molecular weight excluding hydrogens is 394 g/mol. The molecule has 11 heteroatoms. The number of hydrazine groups is 1. The molecule has 4 rings (SSSR count). The molecule has 0 aromatic heterocycles. The normalized spacial score (nSPS) is 23.2. The molecule has 0 saturated carbocycles. The highest BCUT2D eigenvalue weighted by molar-refractivity contribution is 8.04. The first-order valence-corrected chi connectivity index (χ1v) is 9.11. The molecule has 9 nitrogen and oxygen atoms in total. The van der Waals surface area contributed by atoms with Crippen molar-refractivity contribution in [1.29, 1.82) is 0 Å². The Labute approximate surface area is 162 Å². The second-order valence-electron chi connectivity index (χ2n) is 5.97. The van der Waals surface area contributed by atoms with Gasteiger partial charge in [-0.2, -0.15) is 5.01 Å². The predicted molar refractivity (Wildman–Crippen MR) is 97.8 cm³/mol. The van der Waals surface area contributed by atoms with Gasteiger partial charge in [-0.1, -0.05) is 11.8 Å². The molecule has 2 atom stereocenters. The number of amides is 2. The van der Waals surface area contributed by atoms with Crippen LogP contribution in [-0.4, -0.2) is 45.2 Å². The molecule has 3 heterocycles. The molecule has 3 aliphatic rings. The van der Waals surface area contributed by atoms with E-state index in [-0.39, 0.29) is 22.4 Å². The number of carboxylic acid groups (broad SMARTS) is 1. The number of thioether (sulfide) groups is 1. The average Bonchev–Trinajstić information content (AvgIpc) is 3.22. The van der Waals surface area contributed by atoms with Gasteiger partial charge in [0.05, 0.1) is 16.2 Å². The Morgan fingerprint density at radius 2 is 2.11 bits per heavy atom. The maximum absolute atomic E-state index is 12.8. The number of ether oxygens (including phenoxy) is 2. The first-order chi connectivity index (χ1) is 12.9. The lowest BCUT2D eigenvalue weighted by Gasteiger charge is -2.35. The van der Waals surface area contributed by atoms with Crippen molar-refractivity contribution in [3.63, 3.8) is 0 Å². The molecule has 3 N–H and O–H groups in total. The van der Waals surface area contributed by atoms with Crippen LogP contribution in [0.15, 0.2) is 28.7 Å². The summed E-state index contributed by atoms with van der Waals surface area (Å²) in [5.41, 5.74) is 3.16. The quantitative estimate of drug-likeness (QED) is 0.626. The Kier molecular flexibility index (Phi) is 4.19. The molecule has 27 heavy (non-hydrogen) atoms. The van der Waals surface area contributed by atoms with Crippen LogP contribution in [-0.2, 0) is 9.59 Å². The largest absolute Gasteiger partial charge is 0.477 e. The van der Waals surface area contributed by atoms with Gasteiger partial charge in [0.15, 0.2) is 16.6 Å². The number of carbonyl (C=O) groups excluding carboxylic acids is 2. The zero-order valence-corrected chi connectivity index (χ0v) is 15.5. The first kappa shape index (κ1) is 17.6. The van der Waals surface area contributed by atoms with E-state index in [0.29, 0.717) is 17.1 Å². The Morgan fingerprint density at radius 3 is 2.85 bits per heavy atom. The lowest BCUT2D eigenvalue weighted by Crippen LogP contribution is -2.63. The van der Waals surface area contributed by atoms with Crippen molar-refractivity contribution in [1.82, 2.24) is 15.8 Å². The topological polar surface area (TPSA) is 117 Å². The summed E-state index contributed by atoms with van der Waals surface area (Å²) in [4.78, 5) is 36.8. The van der Waals surface area contributed by atoms with Crippen molar-refractivity contribution >= 4 is 46.9 Å². The van der Waals surface area contributed by atoms with Gasteiger partial charge in [-0.15, -0.1) is 0 Å². The fourth-order valence-corrected chi connectivity index (χ4v) is 4.67. The van der Waals surface area contributed by atoms with Crippen molar-refractivity contribution in [2.45, 2.75) is 12.3 Å². The van der Waals surface area contributed by atoms with Crippen LogP contribution in [0.25, 0.3) is 0 Å². The number of carbonyl (C=O) groups is 3. The summed E-state index contributed by atoms with van der Waals surface area (Å²) in [6.07, 6.45) is 0. The van der Waals surface area contributed by atoms with Crippen LogP contribution in [0.1, 0.15) is 17.3 Å². The molecule has 1 saturated heterocycles. The van der Waals surface area contributed by atoms with Crippen LogP contribution >= 0.6 is 24.0 Å². The maximum atomic E-state index is 12.8. The summed E-state index contributed by atoms with van der Waals surface area (Å²) in [6.45, 7) is 1.67. The van der Waals surface area contributed by atoms with Crippen LogP contribution in [0.2, 0.25) is 0 Å². The van der Waals surface area contributed by atoms with Gasteiger partial charge in [-0.05, 0) is 42.9 Å². The lowest BCUT2D eigenvalue weighted by atomic mass is 9.97. The van der Waals surface area contributed by atoms with E-state index >= 15 is 0 Å². The van der Waals surface area contributed by atoms with Crippen molar-refractivity contribution in [3.05, 3.63) is 34.2 Å². The summed E-state index contributed by atoms with van der Waals surface area (Å²) < 4.78 is 10.4. The number of nitrogens with one attached hydrogen (secondary N) is 2. The molecule has 0 radical (unpaired) electrons. The molecule has 3 aliphatic heterocycles. The van der Waals surface area contributed by atoms with Crippen LogP contribution in [0.5, 0.6) is 11.5 Å². The van der Waals surface area contributed by atoms with E-state index in [9.17, 15) is 19.5 Å². The second kappa shape index (κ2) is 6.43. The van der Waals surface area contributed by atoms with Gasteiger partial charge >= 0.3 is 5.97 Å². The molecule has 1 fully saturated rings. The van der Waals surface area contributed by atoms with Crippen molar-refractivity contribution < 1.29 is 29.0 Å². The van der Waals surface area contributed by atoms with E-state index in [4.69, 9.17) is 21.7 Å². The molecule has 0 spiro atoms. The molecule has 2 unspecified atom stereocenters. The molecule has 140 valence electrons. The summed E-state index contributed by atoms with van der Waals surface area (Å²) in [6, 6.07) is 4.64. The number of benzene rings is 1. The minimum Gasteiger partial charge on any atom is -0.477 e. The number of hydrogen-bond donors (Lipinski definition) is 3. The van der Waals surface area contributed by atoms with Gasteiger partial charge < -0.3 is 19.9 Å². The van der Waals surface area contributed by atoms with Gasteiger partial charge in [0.1, 0.15) is 0 Å². The van der Waals surface area contributed by atoms with E-state index in [1.807, 2.05) is 0 Å². The molecule has 0 bridgehead atoms. The van der Waals surface area contributed by atoms with E-state index in [0.717, 1.165) is 16.8 Å². The lowest BCUT2D eigenvalue weighted by molar-refractivity contribution is -0.133. The first-order valence-electron chi connectivity index (χ1n) is 7.82. The van der Waals surface area contributed by atoms with E-state index < -0.39 is 29.1 Å². The van der Waals surface area contributed by atoms with Gasteiger partial charge in [0.25, 0.3) is 11.8 Å². The fourth-order valence-electron chi connectivity index (χ4n) is 3.04. The third-order valence-corrected chi connectivity index (χ3v) is 6.05. The Hall–Kier alpha value is -2.79. The number of nitrogens with zero attached hydrogens (tertiary/aromatic N) is 1. The molecular formula is C16H13N3O6S2. The van der Waals surface area contributed by atoms with Gasteiger partial charge in [0.2, 0.25) is 6.79 Å². The number of rotatable bonds is 3. The summed E-state index contributed by atoms with van der Waals surface area (Å²) in [5, 5.41) is 12.6. The summed E-state index contributed by atoms with van der Waals surface area (Å²) >= 11 is 6.21. The number of aliphatic carboxylic acids is 1. The Balaban J connectivity index is 1.55. The zero-order valence-electron chi connectivity index (χ0n) is 13.8. The standard InChI is InChI=1S/C16H13N3O6S2/c1-6-10-13(27-11(6)15(22)23)17-16(26)19(14(10)21)18-12(20)7-2-3-8-9(4-7)25-5-24-8/h2-4,10,13H,5H2,1H3,(H,17,26)(H,18,20)(H,22,23). The summed E-state index contributed by atoms with van der Waals surface area (Å²) in [5.74, 6) is -1.90. The minimum atomic E-state index is -1.09. The third kappa shape index (κ3) is 2.88. The Bertz CT molecular complexity index is 931. The van der Waals surface area contributed by atoms with Crippen LogP contribution in [0, 0.1) is 5.92 Å². The molecule has 1 aromatic carbocycles. The molecule has 0 aliphatic carbocycles. The minimum absolute atomic E-state index is 0.00211. The third-order valence-electron chi connectivity index (χ3n) is 4.37. The van der Waals surface area contributed by atoms with E-state index in [1.165, 1.54) is 12.1 Å². The highest BCUT2D eigenvalue weighted by atomic mass is 32.2. The number of fused-ring (bicyclic) bond motifs is 2. The number of thiocarbonyl (C=S) groups is 1. The average molecular weight is 407 g/mol. The molecule has 2 amide bonds. The van der Waals surface area contributed by atoms with Gasteiger partial charge in [-0.3, -0.25) is 15.0 Å². The zero-order chi connectivity index (χ0) is 19.3. The van der Waals surface area contributed by atoms with Crippen LogP contribution in [0.3, 0.4) is 0 Å². The van der Waals surface area contributed by atoms with Crippen molar-refractivity contribution in [2.24, 2.45) is 5.92 Å². The van der Waals surface area contributed by atoms with E-state index in [2.05, 4.69) is 10.7 Å². The highest BCUT2D eigenvalue weighted by Crippen LogP contribution is 2.43. The maximum Gasteiger partial charge on any atom is 0.342 e. The summed E-state index contributed by atoms with van der Waals surface area (Å²) in [7, 11) is 0. The number of carboxylic acids is 1. The second-order valence-corrected chi connectivity index (χ2v) is 7.50. The van der Waals surface area contributed by atoms with Crippen LogP contribution < -0.4 is 20.2 Å².